The van der Waals surface area contributed by atoms with Crippen LogP contribution in [0.1, 0.15) is 24.3 Å². The standard InChI is InChI=1S/C19H24O2Si/c1-21-19-10-6-5-9-17(19)18-14-16(20)12-11-15(18)8-7-13-22(2,3)4/h5-6,9-12,15,18H,8,14H2,1-4H3/t15-,18-/m1/s1. The number of rotatable bonds is 3. The molecule has 0 saturated heterocycles. The van der Waals surface area contributed by atoms with Crippen LogP contribution >= 0.6 is 0 Å². The number of para-hydroxylation sites is 1. The summed E-state index contributed by atoms with van der Waals surface area (Å²) in [6.07, 6.45) is 5.08. The lowest BCUT2D eigenvalue weighted by atomic mass is 9.77. The second-order valence-corrected chi connectivity index (χ2v) is 11.5. The summed E-state index contributed by atoms with van der Waals surface area (Å²) in [6, 6.07) is 7.99. The lowest BCUT2D eigenvalue weighted by Crippen LogP contribution is -2.20. The summed E-state index contributed by atoms with van der Waals surface area (Å²) in [6.45, 7) is 6.74. The van der Waals surface area contributed by atoms with Crippen molar-refractivity contribution in [3.8, 4) is 17.2 Å². The van der Waals surface area contributed by atoms with Gasteiger partial charge in [-0.2, -0.15) is 0 Å². The molecule has 0 unspecified atom stereocenters. The molecule has 0 heterocycles. The van der Waals surface area contributed by atoms with Gasteiger partial charge in [-0.15, -0.1) is 11.5 Å². The fraction of sp³-hybridized carbons (Fsp3) is 0.421. The molecular weight excluding hydrogens is 288 g/mol. The Morgan fingerprint density at radius 3 is 2.68 bits per heavy atom. The molecule has 2 nitrogen and oxygen atoms in total. The van der Waals surface area contributed by atoms with E-state index in [1.807, 2.05) is 24.3 Å². The zero-order valence-electron chi connectivity index (χ0n) is 13.8. The molecule has 0 N–H and O–H groups in total. The third-order valence-electron chi connectivity index (χ3n) is 3.81. The van der Waals surface area contributed by atoms with Gasteiger partial charge in [-0.25, -0.2) is 0 Å². The summed E-state index contributed by atoms with van der Waals surface area (Å²) in [5, 5.41) is 0. The van der Waals surface area contributed by atoms with Crippen molar-refractivity contribution in [2.75, 3.05) is 7.11 Å². The fourth-order valence-electron chi connectivity index (χ4n) is 2.76. The monoisotopic (exact) mass is 312 g/mol. The Labute approximate surface area is 134 Å². The molecule has 0 saturated carbocycles. The van der Waals surface area contributed by atoms with E-state index in [-0.39, 0.29) is 17.6 Å². The molecule has 2 rings (SSSR count). The van der Waals surface area contributed by atoms with E-state index < -0.39 is 8.07 Å². The minimum Gasteiger partial charge on any atom is -0.496 e. The summed E-state index contributed by atoms with van der Waals surface area (Å²) in [7, 11) is 0.329. The third-order valence-corrected chi connectivity index (χ3v) is 4.73. The number of ether oxygens (including phenoxy) is 1. The number of methoxy groups -OCH3 is 1. The van der Waals surface area contributed by atoms with Crippen LogP contribution in [0.5, 0.6) is 5.75 Å². The molecule has 0 fully saturated rings. The van der Waals surface area contributed by atoms with Gasteiger partial charge in [0, 0.05) is 18.8 Å². The molecule has 2 atom stereocenters. The first-order valence-corrected chi connectivity index (χ1v) is 11.2. The molecule has 1 aliphatic rings. The molecule has 0 radical (unpaired) electrons. The molecular formula is C19H24O2Si. The Morgan fingerprint density at radius 1 is 1.27 bits per heavy atom. The molecule has 1 aliphatic carbocycles. The van der Waals surface area contributed by atoms with E-state index >= 15 is 0 Å². The van der Waals surface area contributed by atoms with Gasteiger partial charge in [-0.05, 0) is 23.6 Å². The SMILES string of the molecule is COc1ccccc1[C@@H]1CC(=O)C=C[C@H]1CC#C[Si](C)(C)C. The van der Waals surface area contributed by atoms with Crippen LogP contribution in [0.2, 0.25) is 19.6 Å². The second kappa shape index (κ2) is 6.98. The van der Waals surface area contributed by atoms with Crippen molar-refractivity contribution in [1.29, 1.82) is 0 Å². The minimum atomic E-state index is -1.35. The van der Waals surface area contributed by atoms with Crippen LogP contribution in [0.25, 0.3) is 0 Å². The number of ketones is 1. The zero-order valence-corrected chi connectivity index (χ0v) is 14.8. The topological polar surface area (TPSA) is 26.3 Å². The van der Waals surface area contributed by atoms with Crippen molar-refractivity contribution in [3.63, 3.8) is 0 Å². The first-order valence-electron chi connectivity index (χ1n) is 7.74. The Kier molecular flexibility index (Phi) is 5.26. The maximum absolute atomic E-state index is 11.9. The second-order valence-electron chi connectivity index (χ2n) is 6.80. The Morgan fingerprint density at radius 2 is 2.00 bits per heavy atom. The van der Waals surface area contributed by atoms with Crippen molar-refractivity contribution in [1.82, 2.24) is 0 Å². The van der Waals surface area contributed by atoms with E-state index in [9.17, 15) is 4.79 Å². The third kappa shape index (κ3) is 4.35. The fourth-order valence-corrected chi connectivity index (χ4v) is 3.39. The van der Waals surface area contributed by atoms with Crippen LogP contribution in [-0.2, 0) is 4.79 Å². The minimum absolute atomic E-state index is 0.157. The number of allylic oxidation sites excluding steroid dienone is 2. The average Bonchev–Trinajstić information content (AvgIpc) is 2.47. The highest BCUT2D eigenvalue weighted by molar-refractivity contribution is 6.83. The van der Waals surface area contributed by atoms with Gasteiger partial charge in [0.2, 0.25) is 0 Å². The van der Waals surface area contributed by atoms with Gasteiger partial charge in [-0.3, -0.25) is 4.79 Å². The Bertz CT molecular complexity index is 629. The van der Waals surface area contributed by atoms with Crippen molar-refractivity contribution >= 4 is 13.9 Å². The molecule has 0 amide bonds. The van der Waals surface area contributed by atoms with E-state index in [4.69, 9.17) is 4.74 Å². The van der Waals surface area contributed by atoms with Gasteiger partial charge in [0.1, 0.15) is 13.8 Å². The van der Waals surface area contributed by atoms with Crippen molar-refractivity contribution < 1.29 is 9.53 Å². The number of hydrogen-bond acceptors (Lipinski definition) is 2. The highest BCUT2D eigenvalue weighted by Gasteiger charge is 2.28. The lowest BCUT2D eigenvalue weighted by Gasteiger charge is -2.27. The van der Waals surface area contributed by atoms with Gasteiger partial charge in [0.05, 0.1) is 7.11 Å². The maximum Gasteiger partial charge on any atom is 0.156 e. The van der Waals surface area contributed by atoms with Gasteiger partial charge in [0.15, 0.2) is 5.78 Å². The van der Waals surface area contributed by atoms with Crippen molar-refractivity contribution in [3.05, 3.63) is 42.0 Å². The van der Waals surface area contributed by atoms with Crippen LogP contribution in [0, 0.1) is 17.4 Å². The molecule has 1 aromatic carbocycles. The lowest BCUT2D eigenvalue weighted by molar-refractivity contribution is -0.115. The molecule has 1 aromatic rings. The van der Waals surface area contributed by atoms with Crippen LogP contribution in [-0.4, -0.2) is 21.0 Å². The normalized spacial score (nSPS) is 21.2. The molecule has 0 aromatic heterocycles. The molecule has 0 spiro atoms. The summed E-state index contributed by atoms with van der Waals surface area (Å²) in [5.41, 5.74) is 4.53. The largest absolute Gasteiger partial charge is 0.496 e. The number of carbonyl (C=O) groups excluding carboxylic acids is 1. The van der Waals surface area contributed by atoms with Crippen LogP contribution in [0.3, 0.4) is 0 Å². The number of carbonyl (C=O) groups is 1. The molecule has 0 aliphatic heterocycles. The maximum atomic E-state index is 11.9. The number of benzene rings is 1. The average molecular weight is 312 g/mol. The predicted octanol–water partition coefficient (Wildman–Crippen LogP) is 4.19. The van der Waals surface area contributed by atoms with Crippen LogP contribution < -0.4 is 4.74 Å². The summed E-state index contributed by atoms with van der Waals surface area (Å²) in [4.78, 5) is 11.9. The highest BCUT2D eigenvalue weighted by atomic mass is 28.3. The van der Waals surface area contributed by atoms with Crippen molar-refractivity contribution in [2.45, 2.75) is 38.4 Å². The molecule has 22 heavy (non-hydrogen) atoms. The van der Waals surface area contributed by atoms with Gasteiger partial charge < -0.3 is 4.74 Å². The van der Waals surface area contributed by atoms with E-state index in [2.05, 4.69) is 37.2 Å². The van der Waals surface area contributed by atoms with Gasteiger partial charge in [0.25, 0.3) is 0 Å². The van der Waals surface area contributed by atoms with Crippen molar-refractivity contribution in [2.24, 2.45) is 5.92 Å². The summed E-state index contributed by atoms with van der Waals surface area (Å²) >= 11 is 0. The van der Waals surface area contributed by atoms with E-state index in [0.717, 1.165) is 17.7 Å². The first kappa shape index (κ1) is 16.6. The van der Waals surface area contributed by atoms with E-state index in [1.54, 1.807) is 13.2 Å². The first-order chi connectivity index (χ1) is 10.4. The van der Waals surface area contributed by atoms with Gasteiger partial charge in [-0.1, -0.05) is 43.9 Å². The zero-order chi connectivity index (χ0) is 16.2. The predicted molar refractivity (Wildman–Crippen MR) is 93.7 cm³/mol. The molecule has 116 valence electrons. The Hall–Kier alpha value is -1.79. The van der Waals surface area contributed by atoms with Crippen LogP contribution in [0.15, 0.2) is 36.4 Å². The van der Waals surface area contributed by atoms with Gasteiger partial charge >= 0.3 is 0 Å². The quantitative estimate of drug-likeness (QED) is 0.618. The molecule has 0 bridgehead atoms. The smallest absolute Gasteiger partial charge is 0.156 e. The van der Waals surface area contributed by atoms with E-state index in [1.165, 1.54) is 0 Å². The Balaban J connectivity index is 2.27. The number of hydrogen-bond donors (Lipinski definition) is 0. The van der Waals surface area contributed by atoms with Crippen LogP contribution in [0.4, 0.5) is 0 Å². The summed E-state index contributed by atoms with van der Waals surface area (Å²) in [5.74, 6) is 4.83. The molecule has 3 heteroatoms. The summed E-state index contributed by atoms with van der Waals surface area (Å²) < 4.78 is 5.48. The van der Waals surface area contributed by atoms with E-state index in [0.29, 0.717) is 6.42 Å². The highest BCUT2D eigenvalue weighted by Crippen LogP contribution is 2.39.